The van der Waals surface area contributed by atoms with Crippen LogP contribution in [0.3, 0.4) is 0 Å². The molecule has 148 valence electrons. The van der Waals surface area contributed by atoms with Crippen LogP contribution in [0.4, 0.5) is 5.69 Å². The summed E-state index contributed by atoms with van der Waals surface area (Å²) in [6.07, 6.45) is 1.74. The number of nitrogens with zero attached hydrogens (tertiary/aromatic N) is 1. The predicted molar refractivity (Wildman–Crippen MR) is 118 cm³/mol. The maximum Gasteiger partial charge on any atom is 0.236 e. The number of carbonyl (C=O) groups excluding carboxylic acids is 1. The highest BCUT2D eigenvalue weighted by Crippen LogP contribution is 2.27. The number of aromatic nitrogens is 1. The fraction of sp³-hybridized carbons (Fsp3) is 0.0769. The molecule has 4 heteroatoms. The first-order valence-electron chi connectivity index (χ1n) is 9.83. The van der Waals surface area contributed by atoms with Gasteiger partial charge in [0.25, 0.3) is 0 Å². The SMILES string of the molecule is O=C(Nc1cccc(OCc2ccccn2)c1)C(c1ccccc1)c1ccccc1. The van der Waals surface area contributed by atoms with E-state index in [1.54, 1.807) is 6.20 Å². The van der Waals surface area contributed by atoms with Crippen molar-refractivity contribution >= 4 is 11.6 Å². The van der Waals surface area contributed by atoms with Crippen molar-refractivity contribution in [3.8, 4) is 5.75 Å². The van der Waals surface area contributed by atoms with Crippen molar-refractivity contribution in [2.45, 2.75) is 12.5 Å². The molecule has 0 radical (unpaired) electrons. The van der Waals surface area contributed by atoms with Gasteiger partial charge in [0.15, 0.2) is 0 Å². The van der Waals surface area contributed by atoms with Crippen molar-refractivity contribution in [3.05, 3.63) is 126 Å². The van der Waals surface area contributed by atoms with Crippen molar-refractivity contribution in [2.24, 2.45) is 0 Å². The quantitative estimate of drug-likeness (QED) is 0.455. The molecule has 1 amide bonds. The summed E-state index contributed by atoms with van der Waals surface area (Å²) >= 11 is 0. The molecular weight excluding hydrogens is 372 g/mol. The molecule has 1 aromatic heterocycles. The minimum Gasteiger partial charge on any atom is -0.487 e. The Morgan fingerprint density at radius 3 is 2.10 bits per heavy atom. The maximum atomic E-state index is 13.2. The number of rotatable bonds is 7. The van der Waals surface area contributed by atoms with Gasteiger partial charge in [-0.25, -0.2) is 0 Å². The van der Waals surface area contributed by atoms with E-state index in [2.05, 4.69) is 10.3 Å². The maximum absolute atomic E-state index is 13.2. The number of anilines is 1. The van der Waals surface area contributed by atoms with Gasteiger partial charge in [-0.1, -0.05) is 72.8 Å². The lowest BCUT2D eigenvalue weighted by atomic mass is 9.90. The van der Waals surface area contributed by atoms with Gasteiger partial charge in [-0.2, -0.15) is 0 Å². The summed E-state index contributed by atoms with van der Waals surface area (Å²) in [5, 5.41) is 3.04. The van der Waals surface area contributed by atoms with Crippen LogP contribution >= 0.6 is 0 Å². The van der Waals surface area contributed by atoms with E-state index in [0.29, 0.717) is 18.0 Å². The van der Waals surface area contributed by atoms with E-state index in [0.717, 1.165) is 16.8 Å². The van der Waals surface area contributed by atoms with Crippen molar-refractivity contribution in [1.29, 1.82) is 0 Å². The summed E-state index contributed by atoms with van der Waals surface area (Å²) in [7, 11) is 0. The summed E-state index contributed by atoms with van der Waals surface area (Å²) in [6, 6.07) is 32.7. The first kappa shape index (κ1) is 19.4. The molecule has 3 aromatic carbocycles. The van der Waals surface area contributed by atoms with Gasteiger partial charge >= 0.3 is 0 Å². The lowest BCUT2D eigenvalue weighted by Gasteiger charge is -2.18. The average molecular weight is 394 g/mol. The number of pyridine rings is 1. The highest BCUT2D eigenvalue weighted by Gasteiger charge is 2.22. The van der Waals surface area contributed by atoms with Crippen LogP contribution < -0.4 is 10.1 Å². The third-order valence-corrected chi connectivity index (χ3v) is 4.74. The van der Waals surface area contributed by atoms with Crippen LogP contribution in [0.2, 0.25) is 0 Å². The number of benzene rings is 3. The number of carbonyl (C=O) groups is 1. The second kappa shape index (κ2) is 9.52. The molecule has 1 N–H and O–H groups in total. The molecule has 4 aromatic rings. The average Bonchev–Trinajstić information content (AvgIpc) is 2.80. The van der Waals surface area contributed by atoms with Crippen LogP contribution in [-0.2, 0) is 11.4 Å². The van der Waals surface area contributed by atoms with Crippen LogP contribution in [0, 0.1) is 0 Å². The smallest absolute Gasteiger partial charge is 0.236 e. The van der Waals surface area contributed by atoms with Gasteiger partial charge in [-0.3, -0.25) is 9.78 Å². The number of hydrogen-bond donors (Lipinski definition) is 1. The largest absolute Gasteiger partial charge is 0.487 e. The lowest BCUT2D eigenvalue weighted by molar-refractivity contribution is -0.116. The van der Waals surface area contributed by atoms with Crippen molar-refractivity contribution in [1.82, 2.24) is 4.98 Å². The van der Waals surface area contributed by atoms with Gasteiger partial charge in [-0.15, -0.1) is 0 Å². The third-order valence-electron chi connectivity index (χ3n) is 4.74. The molecule has 0 aliphatic heterocycles. The Morgan fingerprint density at radius 1 is 0.800 bits per heavy atom. The molecule has 1 heterocycles. The first-order chi connectivity index (χ1) is 14.8. The number of nitrogens with one attached hydrogen (secondary N) is 1. The summed E-state index contributed by atoms with van der Waals surface area (Å²) in [5.74, 6) is 0.189. The first-order valence-corrected chi connectivity index (χ1v) is 9.83. The third kappa shape index (κ3) is 4.92. The van der Waals surface area contributed by atoms with Gasteiger partial charge in [0.05, 0.1) is 11.6 Å². The van der Waals surface area contributed by atoms with E-state index < -0.39 is 5.92 Å². The summed E-state index contributed by atoms with van der Waals surface area (Å²) in [5.41, 5.74) is 3.43. The zero-order valence-electron chi connectivity index (χ0n) is 16.4. The number of ether oxygens (including phenoxy) is 1. The normalized spacial score (nSPS) is 10.6. The zero-order chi connectivity index (χ0) is 20.6. The Morgan fingerprint density at radius 2 is 1.47 bits per heavy atom. The van der Waals surface area contributed by atoms with Crippen LogP contribution in [-0.4, -0.2) is 10.9 Å². The van der Waals surface area contributed by atoms with Crippen LogP contribution in [0.1, 0.15) is 22.7 Å². The molecule has 0 bridgehead atoms. The molecule has 0 saturated heterocycles. The molecule has 30 heavy (non-hydrogen) atoms. The highest BCUT2D eigenvalue weighted by molar-refractivity contribution is 5.98. The molecule has 0 aliphatic rings. The Hall–Kier alpha value is -3.92. The summed E-state index contributed by atoms with van der Waals surface area (Å²) in [6.45, 7) is 0.370. The highest BCUT2D eigenvalue weighted by atomic mass is 16.5. The van der Waals surface area contributed by atoms with Crippen molar-refractivity contribution < 1.29 is 9.53 Å². The zero-order valence-corrected chi connectivity index (χ0v) is 16.4. The Labute approximate surface area is 176 Å². The number of hydrogen-bond acceptors (Lipinski definition) is 3. The topological polar surface area (TPSA) is 51.2 Å². The molecular formula is C26H22N2O2. The Balaban J connectivity index is 1.51. The molecule has 0 saturated carbocycles. The standard InChI is InChI=1S/C26H22N2O2/c29-26(25(20-10-3-1-4-11-20)21-12-5-2-6-13-21)28-22-15-9-16-24(18-22)30-19-23-14-7-8-17-27-23/h1-18,25H,19H2,(H,28,29). The lowest BCUT2D eigenvalue weighted by Crippen LogP contribution is -2.22. The fourth-order valence-corrected chi connectivity index (χ4v) is 3.31. The van der Waals surface area contributed by atoms with Crippen molar-refractivity contribution in [2.75, 3.05) is 5.32 Å². The van der Waals surface area contributed by atoms with Gasteiger partial charge in [0.2, 0.25) is 5.91 Å². The van der Waals surface area contributed by atoms with Crippen LogP contribution in [0.25, 0.3) is 0 Å². The molecule has 0 spiro atoms. The van der Waals surface area contributed by atoms with E-state index >= 15 is 0 Å². The van der Waals surface area contributed by atoms with Gasteiger partial charge in [-0.05, 0) is 35.4 Å². The molecule has 0 atom stereocenters. The van der Waals surface area contributed by atoms with Crippen molar-refractivity contribution in [3.63, 3.8) is 0 Å². The Bertz CT molecular complexity index is 1040. The van der Waals surface area contributed by atoms with E-state index in [1.807, 2.05) is 103 Å². The minimum absolute atomic E-state index is 0.0886. The van der Waals surface area contributed by atoms with Gasteiger partial charge < -0.3 is 10.1 Å². The molecule has 4 nitrogen and oxygen atoms in total. The minimum atomic E-state index is -0.398. The predicted octanol–water partition coefficient (Wildman–Crippen LogP) is 5.43. The van der Waals surface area contributed by atoms with Gasteiger partial charge in [0, 0.05) is 18.0 Å². The van der Waals surface area contributed by atoms with E-state index in [-0.39, 0.29) is 5.91 Å². The second-order valence-corrected chi connectivity index (χ2v) is 6.88. The summed E-state index contributed by atoms with van der Waals surface area (Å²) in [4.78, 5) is 17.5. The van der Waals surface area contributed by atoms with Crippen LogP contribution in [0.5, 0.6) is 5.75 Å². The summed E-state index contributed by atoms with van der Waals surface area (Å²) < 4.78 is 5.83. The Kier molecular flexibility index (Phi) is 6.16. The van der Waals surface area contributed by atoms with E-state index in [9.17, 15) is 4.79 Å². The monoisotopic (exact) mass is 394 g/mol. The van der Waals surface area contributed by atoms with Gasteiger partial charge in [0.1, 0.15) is 12.4 Å². The van der Waals surface area contributed by atoms with Crippen LogP contribution in [0.15, 0.2) is 109 Å². The van der Waals surface area contributed by atoms with E-state index in [4.69, 9.17) is 4.74 Å². The number of amides is 1. The molecule has 0 unspecified atom stereocenters. The van der Waals surface area contributed by atoms with E-state index in [1.165, 1.54) is 0 Å². The molecule has 0 aliphatic carbocycles. The molecule has 0 fully saturated rings. The fourth-order valence-electron chi connectivity index (χ4n) is 3.31. The second-order valence-electron chi connectivity index (χ2n) is 6.88. The molecule has 4 rings (SSSR count).